The maximum absolute atomic E-state index is 11.9. The Labute approximate surface area is 121 Å². The van der Waals surface area contributed by atoms with E-state index >= 15 is 0 Å². The van der Waals surface area contributed by atoms with Gasteiger partial charge >= 0.3 is 11.9 Å². The molecule has 0 fully saturated rings. The Bertz CT molecular complexity index is 391. The van der Waals surface area contributed by atoms with Gasteiger partial charge < -0.3 is 9.47 Å². The monoisotopic (exact) mass is 282 g/mol. The summed E-state index contributed by atoms with van der Waals surface area (Å²) in [6.45, 7) is 13.1. The number of esters is 2. The van der Waals surface area contributed by atoms with Gasteiger partial charge in [0.1, 0.15) is 5.76 Å². The lowest BCUT2D eigenvalue weighted by molar-refractivity contribution is -0.140. The fraction of sp³-hybridized carbons (Fsp3) is 0.625. The lowest BCUT2D eigenvalue weighted by Gasteiger charge is -2.13. The largest absolute Gasteiger partial charge is 0.462 e. The molecule has 20 heavy (non-hydrogen) atoms. The number of hydrogen-bond acceptors (Lipinski definition) is 4. The summed E-state index contributed by atoms with van der Waals surface area (Å²) in [6, 6.07) is 0. The average molecular weight is 282 g/mol. The Morgan fingerprint density at radius 2 is 1.75 bits per heavy atom. The molecule has 114 valence electrons. The molecule has 0 saturated heterocycles. The van der Waals surface area contributed by atoms with Gasteiger partial charge in [-0.2, -0.15) is 0 Å². The van der Waals surface area contributed by atoms with Crippen molar-refractivity contribution >= 4 is 11.9 Å². The predicted octanol–water partition coefficient (Wildman–Crippen LogP) is 3.77. The number of carbonyl (C=O) groups is 2. The first-order chi connectivity index (χ1) is 9.29. The minimum atomic E-state index is -0.507. The van der Waals surface area contributed by atoms with Crippen LogP contribution >= 0.6 is 0 Å². The van der Waals surface area contributed by atoms with Gasteiger partial charge in [0.2, 0.25) is 0 Å². The van der Waals surface area contributed by atoms with Crippen molar-refractivity contribution < 1.29 is 19.1 Å². The van der Waals surface area contributed by atoms with Crippen LogP contribution in [0.15, 0.2) is 23.5 Å². The summed E-state index contributed by atoms with van der Waals surface area (Å²) in [5.41, 5.74) is 0.663. The molecule has 0 aliphatic heterocycles. The van der Waals surface area contributed by atoms with Gasteiger partial charge in [-0.05, 0) is 26.2 Å². The van der Waals surface area contributed by atoms with E-state index in [0.717, 1.165) is 12.8 Å². The van der Waals surface area contributed by atoms with Crippen LogP contribution in [-0.4, -0.2) is 18.5 Å². The second-order valence-electron chi connectivity index (χ2n) is 5.31. The van der Waals surface area contributed by atoms with E-state index in [1.165, 1.54) is 0 Å². The molecule has 0 radical (unpaired) electrons. The molecule has 0 rings (SSSR count). The van der Waals surface area contributed by atoms with E-state index in [1.807, 2.05) is 20.8 Å². The molecular weight excluding hydrogens is 256 g/mol. The van der Waals surface area contributed by atoms with E-state index in [2.05, 4.69) is 6.58 Å². The Morgan fingerprint density at radius 1 is 1.15 bits per heavy atom. The normalized spacial score (nSPS) is 11.9. The van der Waals surface area contributed by atoms with Crippen LogP contribution in [0.25, 0.3) is 0 Å². The predicted molar refractivity (Wildman–Crippen MR) is 78.9 cm³/mol. The van der Waals surface area contributed by atoms with E-state index in [1.54, 1.807) is 13.8 Å². The Kier molecular flexibility index (Phi) is 8.61. The number of rotatable bonds is 8. The van der Waals surface area contributed by atoms with Crippen LogP contribution in [0, 0.1) is 5.92 Å². The maximum Gasteiger partial charge on any atom is 0.338 e. The fourth-order valence-corrected chi connectivity index (χ4v) is 1.32. The Hall–Kier alpha value is -1.58. The van der Waals surface area contributed by atoms with E-state index in [0.29, 0.717) is 29.9 Å². The van der Waals surface area contributed by atoms with E-state index < -0.39 is 11.9 Å². The Morgan fingerprint density at radius 3 is 2.20 bits per heavy atom. The van der Waals surface area contributed by atoms with Gasteiger partial charge in [0.05, 0.1) is 12.2 Å². The molecule has 0 heterocycles. The van der Waals surface area contributed by atoms with Crippen molar-refractivity contribution in [2.24, 2.45) is 5.92 Å². The summed E-state index contributed by atoms with van der Waals surface area (Å²) in [6.07, 6.45) is 2.33. The lowest BCUT2D eigenvalue weighted by atomic mass is 10.1. The molecule has 0 aliphatic rings. The van der Waals surface area contributed by atoms with Crippen molar-refractivity contribution in [3.63, 3.8) is 0 Å². The third kappa shape index (κ3) is 7.12. The molecule has 4 nitrogen and oxygen atoms in total. The summed E-state index contributed by atoms with van der Waals surface area (Å²) in [5, 5.41) is 0. The first-order valence-corrected chi connectivity index (χ1v) is 7.04. The van der Waals surface area contributed by atoms with Gasteiger partial charge in [-0.15, -0.1) is 0 Å². The third-order valence-corrected chi connectivity index (χ3v) is 2.59. The van der Waals surface area contributed by atoms with Crippen LogP contribution < -0.4 is 0 Å². The molecule has 0 aromatic heterocycles. The van der Waals surface area contributed by atoms with Gasteiger partial charge in [-0.3, -0.25) is 0 Å². The molecule has 0 aromatic carbocycles. The third-order valence-electron chi connectivity index (χ3n) is 2.59. The number of ether oxygens (including phenoxy) is 2. The highest BCUT2D eigenvalue weighted by Crippen LogP contribution is 2.17. The molecule has 0 saturated carbocycles. The molecule has 0 N–H and O–H groups in total. The highest BCUT2D eigenvalue weighted by atomic mass is 16.5. The minimum absolute atomic E-state index is 0.267. The molecule has 4 heteroatoms. The van der Waals surface area contributed by atoms with Gasteiger partial charge in [-0.1, -0.05) is 33.8 Å². The van der Waals surface area contributed by atoms with Crippen molar-refractivity contribution in [2.75, 3.05) is 6.61 Å². The summed E-state index contributed by atoms with van der Waals surface area (Å²) in [4.78, 5) is 23.5. The highest BCUT2D eigenvalue weighted by molar-refractivity contribution is 5.91. The molecule has 0 aromatic rings. The van der Waals surface area contributed by atoms with Gasteiger partial charge in [-0.25, -0.2) is 9.59 Å². The quantitative estimate of drug-likeness (QED) is 0.386. The highest BCUT2D eigenvalue weighted by Gasteiger charge is 2.17. The van der Waals surface area contributed by atoms with Gasteiger partial charge in [0.15, 0.2) is 0 Å². The summed E-state index contributed by atoms with van der Waals surface area (Å²) < 4.78 is 10.4. The maximum atomic E-state index is 11.9. The molecule has 0 aliphatic carbocycles. The standard InChI is InChI=1S/C16H26O4/c1-7-8-9-14(20-15(17)12(4)5)13(6)16(18)19-10-11(2)3/h11H,4,7-10H2,1-3,5-6H3. The molecule has 0 amide bonds. The zero-order valence-corrected chi connectivity index (χ0v) is 13.2. The first-order valence-electron chi connectivity index (χ1n) is 7.04. The van der Waals surface area contributed by atoms with Crippen LogP contribution in [-0.2, 0) is 19.1 Å². The topological polar surface area (TPSA) is 52.6 Å². The van der Waals surface area contributed by atoms with E-state index in [-0.39, 0.29) is 5.92 Å². The minimum Gasteiger partial charge on any atom is -0.462 e. The molecule has 0 spiro atoms. The van der Waals surface area contributed by atoms with Crippen molar-refractivity contribution in [1.82, 2.24) is 0 Å². The summed E-state index contributed by atoms with van der Waals surface area (Å²) in [5.74, 6) is -0.288. The van der Waals surface area contributed by atoms with Crippen LogP contribution in [0.1, 0.15) is 53.9 Å². The van der Waals surface area contributed by atoms with Crippen molar-refractivity contribution in [3.05, 3.63) is 23.5 Å². The fourth-order valence-electron chi connectivity index (χ4n) is 1.32. The molecular formula is C16H26O4. The number of unbranched alkanes of at least 4 members (excludes halogenated alkanes) is 1. The second kappa shape index (κ2) is 9.34. The van der Waals surface area contributed by atoms with Crippen molar-refractivity contribution in [1.29, 1.82) is 0 Å². The summed E-state index contributed by atoms with van der Waals surface area (Å²) >= 11 is 0. The molecule has 0 atom stereocenters. The van der Waals surface area contributed by atoms with Crippen LogP contribution in [0.4, 0.5) is 0 Å². The molecule has 0 bridgehead atoms. The average Bonchev–Trinajstić information content (AvgIpc) is 2.39. The van der Waals surface area contributed by atoms with Crippen LogP contribution in [0.5, 0.6) is 0 Å². The zero-order chi connectivity index (χ0) is 15.7. The van der Waals surface area contributed by atoms with E-state index in [4.69, 9.17) is 9.47 Å². The van der Waals surface area contributed by atoms with Gasteiger partial charge in [0, 0.05) is 12.0 Å². The number of hydrogen-bond donors (Lipinski definition) is 0. The first kappa shape index (κ1) is 18.4. The van der Waals surface area contributed by atoms with Gasteiger partial charge in [0.25, 0.3) is 0 Å². The lowest BCUT2D eigenvalue weighted by Crippen LogP contribution is -2.15. The van der Waals surface area contributed by atoms with Crippen molar-refractivity contribution in [2.45, 2.75) is 53.9 Å². The van der Waals surface area contributed by atoms with Crippen LogP contribution in [0.2, 0.25) is 0 Å². The number of carbonyl (C=O) groups excluding carboxylic acids is 2. The van der Waals surface area contributed by atoms with Crippen molar-refractivity contribution in [3.8, 4) is 0 Å². The second-order valence-corrected chi connectivity index (χ2v) is 5.31. The SMILES string of the molecule is C=C(C)C(=O)OC(CCCC)=C(C)C(=O)OCC(C)C. The Balaban J connectivity index is 4.94. The van der Waals surface area contributed by atoms with E-state index in [9.17, 15) is 9.59 Å². The summed E-state index contributed by atoms with van der Waals surface area (Å²) in [7, 11) is 0. The smallest absolute Gasteiger partial charge is 0.338 e. The van der Waals surface area contributed by atoms with Crippen LogP contribution in [0.3, 0.4) is 0 Å². The zero-order valence-electron chi connectivity index (χ0n) is 13.2. The molecule has 0 unspecified atom stereocenters. The number of allylic oxidation sites excluding steroid dienone is 1.